The molecule has 2 unspecified atom stereocenters. The van der Waals surface area contributed by atoms with Gasteiger partial charge in [0, 0.05) is 32.7 Å². The maximum Gasteiger partial charge on any atom is 0.320 e. The molecule has 2 saturated heterocycles. The summed E-state index contributed by atoms with van der Waals surface area (Å²) in [5, 5.41) is 21.5. The van der Waals surface area contributed by atoms with Crippen LogP contribution in [0.5, 0.6) is 5.75 Å². The second-order valence-corrected chi connectivity index (χ2v) is 6.73. The first-order chi connectivity index (χ1) is 12.7. The molecule has 26 heavy (non-hydrogen) atoms. The van der Waals surface area contributed by atoms with Crippen LogP contribution >= 0.6 is 0 Å². The van der Waals surface area contributed by atoms with E-state index in [1.165, 1.54) is 6.07 Å². The lowest BCUT2D eigenvalue weighted by molar-refractivity contribution is 0.151. The monoisotopic (exact) mass is 353 g/mol. The Morgan fingerprint density at radius 3 is 2.65 bits per heavy atom. The second-order valence-electron chi connectivity index (χ2n) is 6.73. The van der Waals surface area contributed by atoms with E-state index >= 15 is 0 Å². The van der Waals surface area contributed by atoms with Crippen LogP contribution in [0, 0.1) is 34.5 Å². The van der Waals surface area contributed by atoms with E-state index < -0.39 is 0 Å². The molecule has 1 N–H and O–H groups in total. The molecule has 7 heteroatoms. The zero-order valence-corrected chi connectivity index (χ0v) is 14.9. The fourth-order valence-electron chi connectivity index (χ4n) is 3.68. The summed E-state index contributed by atoms with van der Waals surface area (Å²) < 4.78 is 5.69. The van der Waals surface area contributed by atoms with Gasteiger partial charge >= 0.3 is 6.03 Å². The van der Waals surface area contributed by atoms with Crippen LogP contribution in [0.2, 0.25) is 0 Å². The molecule has 0 spiro atoms. The Morgan fingerprint density at radius 2 is 2.04 bits per heavy atom. The summed E-state index contributed by atoms with van der Waals surface area (Å²) in [6, 6.07) is 8.87. The van der Waals surface area contributed by atoms with Crippen molar-refractivity contribution in [3.8, 4) is 17.9 Å². The summed E-state index contributed by atoms with van der Waals surface area (Å²) >= 11 is 0. The van der Waals surface area contributed by atoms with Gasteiger partial charge in [0.25, 0.3) is 0 Å². The number of fused-ring (bicyclic) bond motifs is 1. The van der Waals surface area contributed by atoms with E-state index in [0.29, 0.717) is 48.4 Å². The fraction of sp³-hybridized carbons (Fsp3) is 0.526. The molecule has 2 aliphatic heterocycles. The van der Waals surface area contributed by atoms with E-state index in [4.69, 9.17) is 10.00 Å². The Morgan fingerprint density at radius 1 is 1.31 bits per heavy atom. The predicted molar refractivity (Wildman–Crippen MR) is 95.4 cm³/mol. The van der Waals surface area contributed by atoms with E-state index in [1.54, 1.807) is 17.0 Å². The third kappa shape index (κ3) is 3.74. The summed E-state index contributed by atoms with van der Waals surface area (Å²) in [4.78, 5) is 16.5. The van der Waals surface area contributed by atoms with Gasteiger partial charge in [0.05, 0.1) is 23.7 Å². The largest absolute Gasteiger partial charge is 0.490 e. The molecule has 1 aromatic carbocycles. The van der Waals surface area contributed by atoms with Crippen LogP contribution in [0.25, 0.3) is 0 Å². The van der Waals surface area contributed by atoms with Crippen molar-refractivity contribution in [3.05, 3.63) is 29.3 Å². The van der Waals surface area contributed by atoms with Crippen LogP contribution in [0.1, 0.15) is 18.1 Å². The third-order valence-electron chi connectivity index (χ3n) is 5.16. The molecular weight excluding hydrogens is 330 g/mol. The van der Waals surface area contributed by atoms with Crippen molar-refractivity contribution < 1.29 is 9.53 Å². The Balaban J connectivity index is 1.54. The first-order valence-electron chi connectivity index (χ1n) is 8.97. The third-order valence-corrected chi connectivity index (χ3v) is 5.16. The fourth-order valence-corrected chi connectivity index (χ4v) is 3.68. The minimum Gasteiger partial charge on any atom is -0.490 e. The Labute approximate surface area is 153 Å². The second kappa shape index (κ2) is 8.07. The smallest absolute Gasteiger partial charge is 0.320 e. The molecule has 0 radical (unpaired) electrons. The number of carbonyl (C=O) groups excluding carboxylic acids is 1. The van der Waals surface area contributed by atoms with Crippen molar-refractivity contribution in [1.82, 2.24) is 15.1 Å². The number of carbonyl (C=O) groups is 1. The molecule has 2 heterocycles. The molecule has 7 nitrogen and oxygen atoms in total. The van der Waals surface area contributed by atoms with Crippen molar-refractivity contribution in [2.75, 3.05) is 45.9 Å². The molecule has 136 valence electrons. The predicted octanol–water partition coefficient (Wildman–Crippen LogP) is 1.40. The van der Waals surface area contributed by atoms with Crippen molar-refractivity contribution in [2.45, 2.75) is 6.92 Å². The summed E-state index contributed by atoms with van der Waals surface area (Å²) in [6.45, 7) is 6.99. The molecule has 0 saturated carbocycles. The average Bonchev–Trinajstić information content (AvgIpc) is 3.27. The molecule has 3 rings (SSSR count). The Hall–Kier alpha value is -2.77. The van der Waals surface area contributed by atoms with Gasteiger partial charge in [-0.05, 0) is 37.0 Å². The lowest BCUT2D eigenvalue weighted by Crippen LogP contribution is -2.44. The molecular formula is C19H23N5O2. The zero-order chi connectivity index (χ0) is 18.5. The number of urea groups is 1. The number of hydrogen-bond donors (Lipinski definition) is 1. The molecule has 2 aliphatic rings. The van der Waals surface area contributed by atoms with Crippen LogP contribution in [-0.4, -0.2) is 61.7 Å². The topological polar surface area (TPSA) is 92.4 Å². The van der Waals surface area contributed by atoms with Crippen LogP contribution in [0.15, 0.2) is 18.2 Å². The van der Waals surface area contributed by atoms with Gasteiger partial charge in [0.2, 0.25) is 0 Å². The number of hydrogen-bond acceptors (Lipinski definition) is 5. The number of likely N-dealkylation sites (N-methyl/N-ethyl adjacent to an activating group) is 1. The highest BCUT2D eigenvalue weighted by Crippen LogP contribution is 2.27. The van der Waals surface area contributed by atoms with Gasteiger partial charge in [-0.1, -0.05) is 0 Å². The highest BCUT2D eigenvalue weighted by atomic mass is 16.5. The van der Waals surface area contributed by atoms with Crippen molar-refractivity contribution in [2.24, 2.45) is 11.8 Å². The van der Waals surface area contributed by atoms with Crippen molar-refractivity contribution >= 4 is 6.03 Å². The number of ether oxygens (including phenoxy) is 1. The van der Waals surface area contributed by atoms with Crippen LogP contribution < -0.4 is 10.1 Å². The first-order valence-corrected chi connectivity index (χ1v) is 8.97. The number of likely N-dealkylation sites (tertiary alicyclic amines) is 1. The minimum atomic E-state index is 0.0610. The summed E-state index contributed by atoms with van der Waals surface area (Å²) in [6.07, 6.45) is 0. The van der Waals surface area contributed by atoms with Crippen LogP contribution in [-0.2, 0) is 0 Å². The van der Waals surface area contributed by atoms with Gasteiger partial charge in [-0.2, -0.15) is 10.5 Å². The van der Waals surface area contributed by atoms with Crippen molar-refractivity contribution in [3.63, 3.8) is 0 Å². The summed E-state index contributed by atoms with van der Waals surface area (Å²) in [7, 11) is 0. The Kier molecular flexibility index (Phi) is 5.60. The SMILES string of the molecule is CCN(CCOc1ccc(C#N)cc1C#N)C(=O)N1CC2CNCC2C1. The maximum absolute atomic E-state index is 12.7. The number of amides is 2. The van der Waals surface area contributed by atoms with Gasteiger partial charge in [0.1, 0.15) is 18.4 Å². The molecule has 0 aromatic heterocycles. The van der Waals surface area contributed by atoms with E-state index in [-0.39, 0.29) is 6.03 Å². The number of rotatable bonds is 5. The van der Waals surface area contributed by atoms with E-state index in [0.717, 1.165) is 26.2 Å². The number of nitriles is 2. The molecule has 1 aromatic rings. The van der Waals surface area contributed by atoms with Crippen LogP contribution in [0.4, 0.5) is 4.79 Å². The van der Waals surface area contributed by atoms with Crippen LogP contribution in [0.3, 0.4) is 0 Å². The van der Waals surface area contributed by atoms with E-state index in [2.05, 4.69) is 5.32 Å². The lowest BCUT2D eigenvalue weighted by atomic mass is 10.0. The molecule has 2 atom stereocenters. The first kappa shape index (κ1) is 18.0. The molecule has 0 aliphatic carbocycles. The zero-order valence-electron chi connectivity index (χ0n) is 14.9. The standard InChI is InChI=1S/C19H23N5O2/c1-2-23(19(25)24-12-16-10-22-11-17(16)13-24)5-6-26-18-4-3-14(8-20)7-15(18)9-21/h3-4,7,16-17,22H,2,5-6,10-13H2,1H3. The number of benzene rings is 1. The number of nitrogens with zero attached hydrogens (tertiary/aromatic N) is 4. The van der Waals surface area contributed by atoms with E-state index in [1.807, 2.05) is 24.0 Å². The van der Waals surface area contributed by atoms with Gasteiger partial charge in [-0.15, -0.1) is 0 Å². The van der Waals surface area contributed by atoms with Crippen molar-refractivity contribution in [1.29, 1.82) is 10.5 Å². The Bertz CT molecular complexity index is 739. The highest BCUT2D eigenvalue weighted by molar-refractivity contribution is 5.74. The minimum absolute atomic E-state index is 0.0610. The average molecular weight is 353 g/mol. The van der Waals surface area contributed by atoms with Gasteiger partial charge in [0.15, 0.2) is 0 Å². The highest BCUT2D eigenvalue weighted by Gasteiger charge is 2.39. The lowest BCUT2D eigenvalue weighted by Gasteiger charge is -2.27. The quantitative estimate of drug-likeness (QED) is 0.864. The van der Waals surface area contributed by atoms with Gasteiger partial charge in [-0.25, -0.2) is 4.79 Å². The molecule has 2 amide bonds. The van der Waals surface area contributed by atoms with E-state index in [9.17, 15) is 10.1 Å². The van der Waals surface area contributed by atoms with Gasteiger partial charge < -0.3 is 19.9 Å². The maximum atomic E-state index is 12.7. The summed E-state index contributed by atoms with van der Waals surface area (Å²) in [5.74, 6) is 1.59. The molecule has 0 bridgehead atoms. The summed E-state index contributed by atoms with van der Waals surface area (Å²) in [5.41, 5.74) is 0.756. The normalized spacial score (nSPS) is 21.0. The molecule has 2 fully saturated rings. The number of nitrogens with one attached hydrogen (secondary N) is 1. The van der Waals surface area contributed by atoms with Gasteiger partial charge in [-0.3, -0.25) is 0 Å².